The number of carbonyl (C=O) groups excluding carboxylic acids is 1. The third-order valence-electron chi connectivity index (χ3n) is 3.22. The molecule has 0 saturated carbocycles. The van der Waals surface area contributed by atoms with Crippen molar-refractivity contribution in [1.82, 2.24) is 15.0 Å². The van der Waals surface area contributed by atoms with Crippen molar-refractivity contribution in [2.24, 2.45) is 0 Å². The number of nitrogens with zero attached hydrogens (tertiary/aromatic N) is 3. The summed E-state index contributed by atoms with van der Waals surface area (Å²) in [5.41, 5.74) is 1.39. The summed E-state index contributed by atoms with van der Waals surface area (Å²) >= 11 is 1.78. The lowest BCUT2D eigenvalue weighted by Gasteiger charge is -2.14. The quantitative estimate of drug-likeness (QED) is 0.855. The molecule has 2 N–H and O–H groups in total. The van der Waals surface area contributed by atoms with Gasteiger partial charge in [0.2, 0.25) is 17.8 Å². The number of hydrogen-bond donors (Lipinski definition) is 2. The number of thiophene rings is 1. The van der Waals surface area contributed by atoms with Crippen LogP contribution in [0.5, 0.6) is 0 Å². The normalized spacial score (nSPS) is 12.0. The molecule has 2 rings (SSSR count). The van der Waals surface area contributed by atoms with Crippen LogP contribution in [0.25, 0.3) is 0 Å². The van der Waals surface area contributed by atoms with Gasteiger partial charge >= 0.3 is 0 Å². The lowest BCUT2D eigenvalue weighted by Crippen LogP contribution is -2.20. The SMILES string of the molecule is CC(=O)Nc1nc(C)nc(NC(C)CCc2ccsc2C)n1. The van der Waals surface area contributed by atoms with Crippen molar-refractivity contribution in [3.63, 3.8) is 0 Å². The molecule has 0 aromatic carbocycles. The van der Waals surface area contributed by atoms with Gasteiger partial charge in [0.15, 0.2) is 0 Å². The molecule has 0 radical (unpaired) electrons. The van der Waals surface area contributed by atoms with Gasteiger partial charge in [-0.15, -0.1) is 11.3 Å². The zero-order valence-electron chi connectivity index (χ0n) is 13.3. The highest BCUT2D eigenvalue weighted by Crippen LogP contribution is 2.18. The fourth-order valence-electron chi connectivity index (χ4n) is 2.09. The van der Waals surface area contributed by atoms with Gasteiger partial charge in [0.05, 0.1) is 0 Å². The molecule has 118 valence electrons. The van der Waals surface area contributed by atoms with Gasteiger partial charge < -0.3 is 5.32 Å². The number of carbonyl (C=O) groups is 1. The van der Waals surface area contributed by atoms with Gasteiger partial charge in [-0.3, -0.25) is 10.1 Å². The van der Waals surface area contributed by atoms with Crippen molar-refractivity contribution in [3.8, 4) is 0 Å². The van der Waals surface area contributed by atoms with E-state index in [4.69, 9.17) is 0 Å². The third-order valence-corrected chi connectivity index (χ3v) is 4.11. The van der Waals surface area contributed by atoms with E-state index in [9.17, 15) is 4.79 Å². The Balaban J connectivity index is 1.95. The predicted molar refractivity (Wildman–Crippen MR) is 89.3 cm³/mol. The minimum atomic E-state index is -0.197. The van der Waals surface area contributed by atoms with Crippen LogP contribution in [0.3, 0.4) is 0 Å². The van der Waals surface area contributed by atoms with Gasteiger partial charge in [-0.2, -0.15) is 15.0 Å². The number of nitrogens with one attached hydrogen (secondary N) is 2. The molecule has 1 unspecified atom stereocenters. The van der Waals surface area contributed by atoms with Crippen LogP contribution >= 0.6 is 11.3 Å². The van der Waals surface area contributed by atoms with E-state index < -0.39 is 0 Å². The van der Waals surface area contributed by atoms with Gasteiger partial charge in [0.1, 0.15) is 5.82 Å². The second-order valence-electron chi connectivity index (χ2n) is 5.30. The molecule has 0 aliphatic rings. The van der Waals surface area contributed by atoms with Crippen LogP contribution in [-0.4, -0.2) is 26.9 Å². The molecule has 7 heteroatoms. The Hall–Kier alpha value is -2.02. The predicted octanol–water partition coefficient (Wildman–Crippen LogP) is 2.94. The summed E-state index contributed by atoms with van der Waals surface area (Å²) in [6, 6.07) is 2.40. The van der Waals surface area contributed by atoms with E-state index in [0.29, 0.717) is 11.8 Å². The minimum Gasteiger partial charge on any atom is -0.352 e. The van der Waals surface area contributed by atoms with Gasteiger partial charge in [0.25, 0.3) is 0 Å². The number of anilines is 2. The average molecular weight is 319 g/mol. The zero-order valence-corrected chi connectivity index (χ0v) is 14.1. The van der Waals surface area contributed by atoms with Gasteiger partial charge in [-0.1, -0.05) is 0 Å². The summed E-state index contributed by atoms with van der Waals surface area (Å²) < 4.78 is 0. The van der Waals surface area contributed by atoms with Crippen LogP contribution in [0, 0.1) is 13.8 Å². The molecule has 2 heterocycles. The summed E-state index contributed by atoms with van der Waals surface area (Å²) in [7, 11) is 0. The van der Waals surface area contributed by atoms with Crippen molar-refractivity contribution in [2.45, 2.75) is 46.6 Å². The number of hydrogen-bond acceptors (Lipinski definition) is 6. The number of aromatic nitrogens is 3. The first kappa shape index (κ1) is 16.4. The monoisotopic (exact) mass is 319 g/mol. The second kappa shape index (κ2) is 7.31. The van der Waals surface area contributed by atoms with E-state index in [2.05, 4.69) is 50.9 Å². The molecule has 0 saturated heterocycles. The second-order valence-corrected chi connectivity index (χ2v) is 6.42. The first-order valence-corrected chi connectivity index (χ1v) is 8.12. The zero-order chi connectivity index (χ0) is 16.1. The fourth-order valence-corrected chi connectivity index (χ4v) is 2.85. The van der Waals surface area contributed by atoms with Crippen molar-refractivity contribution >= 4 is 29.1 Å². The molecule has 0 bridgehead atoms. The molecule has 6 nitrogen and oxygen atoms in total. The fraction of sp³-hybridized carbons (Fsp3) is 0.467. The molecule has 2 aromatic rings. The maximum absolute atomic E-state index is 11.1. The third kappa shape index (κ3) is 4.77. The van der Waals surface area contributed by atoms with Crippen molar-refractivity contribution in [3.05, 3.63) is 27.7 Å². The van der Waals surface area contributed by atoms with Crippen LogP contribution in [-0.2, 0) is 11.2 Å². The van der Waals surface area contributed by atoms with Crippen LogP contribution in [0.1, 0.15) is 36.5 Å². The molecule has 0 spiro atoms. The minimum absolute atomic E-state index is 0.197. The van der Waals surface area contributed by atoms with Gasteiger partial charge in [0, 0.05) is 17.8 Å². The smallest absolute Gasteiger partial charge is 0.234 e. The van der Waals surface area contributed by atoms with E-state index in [1.54, 1.807) is 18.3 Å². The highest BCUT2D eigenvalue weighted by Gasteiger charge is 2.09. The maximum atomic E-state index is 11.1. The average Bonchev–Trinajstić information content (AvgIpc) is 2.80. The highest BCUT2D eigenvalue weighted by molar-refractivity contribution is 7.10. The first-order valence-electron chi connectivity index (χ1n) is 7.24. The van der Waals surface area contributed by atoms with Crippen LogP contribution in [0.2, 0.25) is 0 Å². The van der Waals surface area contributed by atoms with Crippen molar-refractivity contribution in [2.75, 3.05) is 10.6 Å². The van der Waals surface area contributed by atoms with Crippen molar-refractivity contribution in [1.29, 1.82) is 0 Å². The Labute approximate surface area is 134 Å². The van der Waals surface area contributed by atoms with Gasteiger partial charge in [-0.05, 0) is 50.6 Å². The number of aryl methyl sites for hydroxylation is 3. The van der Waals surface area contributed by atoms with E-state index in [1.807, 2.05) is 0 Å². The summed E-state index contributed by atoms with van der Waals surface area (Å²) in [4.78, 5) is 25.0. The lowest BCUT2D eigenvalue weighted by molar-refractivity contribution is -0.114. The lowest BCUT2D eigenvalue weighted by atomic mass is 10.1. The Morgan fingerprint density at radius 1 is 1.27 bits per heavy atom. The Kier molecular flexibility index (Phi) is 5.43. The Morgan fingerprint density at radius 3 is 2.64 bits per heavy atom. The summed E-state index contributed by atoms with van der Waals surface area (Å²) in [6.07, 6.45) is 2.00. The van der Waals surface area contributed by atoms with E-state index in [0.717, 1.165) is 12.8 Å². The van der Waals surface area contributed by atoms with Crippen molar-refractivity contribution < 1.29 is 4.79 Å². The van der Waals surface area contributed by atoms with Crippen LogP contribution in [0.4, 0.5) is 11.9 Å². The largest absolute Gasteiger partial charge is 0.352 e. The molecular weight excluding hydrogens is 298 g/mol. The molecule has 1 atom stereocenters. The topological polar surface area (TPSA) is 79.8 Å². The van der Waals surface area contributed by atoms with E-state index >= 15 is 0 Å². The molecular formula is C15H21N5OS. The van der Waals surface area contributed by atoms with Crippen LogP contribution < -0.4 is 10.6 Å². The molecule has 0 aliphatic heterocycles. The summed E-state index contributed by atoms with van der Waals surface area (Å²) in [6.45, 7) is 7.45. The van der Waals surface area contributed by atoms with E-state index in [-0.39, 0.29) is 17.9 Å². The van der Waals surface area contributed by atoms with E-state index in [1.165, 1.54) is 17.4 Å². The standard InChI is InChI=1S/C15H21N5OS/c1-9(5-6-13-7-8-22-10(13)2)16-14-17-11(3)18-15(20-14)19-12(4)21/h7-9H,5-6H2,1-4H3,(H2,16,17,18,19,20,21). The highest BCUT2D eigenvalue weighted by atomic mass is 32.1. The number of rotatable bonds is 6. The van der Waals surface area contributed by atoms with Crippen LogP contribution in [0.15, 0.2) is 11.4 Å². The summed E-state index contributed by atoms with van der Waals surface area (Å²) in [5, 5.41) is 7.97. The molecule has 1 amide bonds. The summed E-state index contributed by atoms with van der Waals surface area (Å²) in [5.74, 6) is 1.15. The molecule has 22 heavy (non-hydrogen) atoms. The Bertz CT molecular complexity index is 655. The Morgan fingerprint density at radius 2 is 2.00 bits per heavy atom. The molecule has 0 aliphatic carbocycles. The first-order chi connectivity index (χ1) is 10.4. The maximum Gasteiger partial charge on any atom is 0.234 e. The number of amides is 1. The molecule has 2 aromatic heterocycles. The van der Waals surface area contributed by atoms with Gasteiger partial charge in [-0.25, -0.2) is 0 Å². The molecule has 0 fully saturated rings.